The van der Waals surface area contributed by atoms with Crippen molar-refractivity contribution >= 4 is 23.5 Å². The maximum Gasteiger partial charge on any atom is 0.356 e. The van der Waals surface area contributed by atoms with Gasteiger partial charge < -0.3 is 5.11 Å². The number of pyridine rings is 1. The molecule has 0 aromatic carbocycles. The van der Waals surface area contributed by atoms with Gasteiger partial charge in [-0.2, -0.15) is 0 Å². The number of anilines is 1. The number of hydrogen-bond donors (Lipinski definition) is 1. The molecule has 2 fully saturated rings. The van der Waals surface area contributed by atoms with E-state index < -0.39 is 5.97 Å². The van der Waals surface area contributed by atoms with E-state index in [-0.39, 0.29) is 35.0 Å². The quantitative estimate of drug-likeness (QED) is 0.855. The zero-order valence-electron chi connectivity index (χ0n) is 11.7. The summed E-state index contributed by atoms with van der Waals surface area (Å²) >= 11 is 0. The van der Waals surface area contributed by atoms with Crippen molar-refractivity contribution in [1.82, 2.24) is 4.98 Å². The van der Waals surface area contributed by atoms with Gasteiger partial charge in [0, 0.05) is 6.20 Å². The number of fused-ring (bicyclic) bond motifs is 1. The molecule has 1 saturated carbocycles. The molecule has 6 heteroatoms. The summed E-state index contributed by atoms with van der Waals surface area (Å²) in [6.07, 6.45) is 3.72. The second kappa shape index (κ2) is 4.95. The molecule has 1 aliphatic carbocycles. The van der Waals surface area contributed by atoms with Crippen LogP contribution in [0.3, 0.4) is 0 Å². The predicted octanol–water partition coefficient (Wildman–Crippen LogP) is 1.71. The van der Waals surface area contributed by atoms with Crippen LogP contribution >= 0.6 is 0 Å². The van der Waals surface area contributed by atoms with E-state index in [2.05, 4.69) is 11.9 Å². The Hall–Kier alpha value is -2.24. The Bertz CT molecular complexity index is 604. The van der Waals surface area contributed by atoms with Crippen LogP contribution < -0.4 is 4.90 Å². The number of aromatic carboxylic acids is 1. The number of amides is 2. The molecule has 3 rings (SSSR count). The van der Waals surface area contributed by atoms with Gasteiger partial charge in [-0.1, -0.05) is 13.3 Å². The summed E-state index contributed by atoms with van der Waals surface area (Å²) in [6.45, 7) is 2.06. The number of carbonyl (C=O) groups excluding carboxylic acids is 2. The molecule has 21 heavy (non-hydrogen) atoms. The van der Waals surface area contributed by atoms with E-state index in [0.29, 0.717) is 18.8 Å². The van der Waals surface area contributed by atoms with Gasteiger partial charge >= 0.3 is 5.97 Å². The van der Waals surface area contributed by atoms with E-state index in [1.54, 1.807) is 0 Å². The third kappa shape index (κ3) is 2.02. The van der Waals surface area contributed by atoms with Gasteiger partial charge in [0.1, 0.15) is 0 Å². The van der Waals surface area contributed by atoms with Crippen molar-refractivity contribution in [3.8, 4) is 0 Å². The molecule has 1 aromatic heterocycles. The molecule has 0 spiro atoms. The number of carboxylic acid groups (broad SMARTS) is 1. The smallest absolute Gasteiger partial charge is 0.356 e. The van der Waals surface area contributed by atoms with E-state index in [4.69, 9.17) is 5.11 Å². The number of nitrogens with zero attached hydrogens (tertiary/aromatic N) is 2. The lowest BCUT2D eigenvalue weighted by atomic mass is 10.00. The summed E-state index contributed by atoms with van der Waals surface area (Å²) in [6, 6.07) is 3.00. The molecule has 1 aromatic rings. The summed E-state index contributed by atoms with van der Waals surface area (Å²) in [7, 11) is 0. The predicted molar refractivity (Wildman–Crippen MR) is 73.7 cm³/mol. The SMILES string of the molecule is CCC1CC2C(=O)N(c3cccnc3C(=O)O)C(=O)C2C1. The highest BCUT2D eigenvalue weighted by molar-refractivity contribution is 6.23. The average molecular weight is 288 g/mol. The molecule has 2 unspecified atom stereocenters. The van der Waals surface area contributed by atoms with E-state index in [1.165, 1.54) is 18.3 Å². The molecule has 2 atom stereocenters. The second-order valence-electron chi connectivity index (χ2n) is 5.65. The van der Waals surface area contributed by atoms with Gasteiger partial charge in [0.25, 0.3) is 0 Å². The van der Waals surface area contributed by atoms with Crippen molar-refractivity contribution in [3.05, 3.63) is 24.0 Å². The van der Waals surface area contributed by atoms with Crippen LogP contribution in [0.4, 0.5) is 5.69 Å². The van der Waals surface area contributed by atoms with Gasteiger partial charge in [-0.05, 0) is 30.9 Å². The first kappa shape index (κ1) is 13.7. The highest BCUT2D eigenvalue weighted by Crippen LogP contribution is 2.45. The Kier molecular flexibility index (Phi) is 3.23. The molecule has 110 valence electrons. The van der Waals surface area contributed by atoms with Crippen LogP contribution in [0.1, 0.15) is 36.7 Å². The molecule has 0 radical (unpaired) electrons. The fraction of sp³-hybridized carbons (Fsp3) is 0.467. The van der Waals surface area contributed by atoms with Crippen molar-refractivity contribution in [2.24, 2.45) is 17.8 Å². The molecule has 1 N–H and O–H groups in total. The first-order valence-electron chi connectivity index (χ1n) is 7.10. The van der Waals surface area contributed by atoms with E-state index in [0.717, 1.165) is 11.3 Å². The summed E-state index contributed by atoms with van der Waals surface area (Å²) < 4.78 is 0. The Labute approximate surface area is 121 Å². The number of carbonyl (C=O) groups is 3. The lowest BCUT2D eigenvalue weighted by Crippen LogP contribution is -2.33. The lowest BCUT2D eigenvalue weighted by molar-refractivity contribution is -0.123. The van der Waals surface area contributed by atoms with Crippen LogP contribution in [-0.2, 0) is 9.59 Å². The Balaban J connectivity index is 1.98. The van der Waals surface area contributed by atoms with Crippen LogP contribution in [0, 0.1) is 17.8 Å². The maximum atomic E-state index is 12.5. The highest BCUT2D eigenvalue weighted by atomic mass is 16.4. The average Bonchev–Trinajstić information content (AvgIpc) is 2.99. The van der Waals surface area contributed by atoms with Crippen molar-refractivity contribution in [3.63, 3.8) is 0 Å². The summed E-state index contributed by atoms with van der Waals surface area (Å²) in [4.78, 5) is 41.1. The molecule has 1 saturated heterocycles. The highest BCUT2D eigenvalue weighted by Gasteiger charge is 2.53. The molecule has 6 nitrogen and oxygen atoms in total. The molecule has 2 heterocycles. The van der Waals surface area contributed by atoms with Crippen LogP contribution in [0.25, 0.3) is 0 Å². The number of imide groups is 1. The minimum absolute atomic E-state index is 0.0856. The molecule has 0 bridgehead atoms. The minimum atomic E-state index is -1.24. The lowest BCUT2D eigenvalue weighted by Gasteiger charge is -2.18. The van der Waals surface area contributed by atoms with Gasteiger partial charge in [0.05, 0.1) is 17.5 Å². The van der Waals surface area contributed by atoms with Crippen molar-refractivity contribution in [2.75, 3.05) is 4.90 Å². The van der Waals surface area contributed by atoms with Crippen LogP contribution in [-0.4, -0.2) is 27.9 Å². The minimum Gasteiger partial charge on any atom is -0.476 e. The van der Waals surface area contributed by atoms with Crippen LogP contribution in [0.15, 0.2) is 18.3 Å². The van der Waals surface area contributed by atoms with Gasteiger partial charge in [0.15, 0.2) is 5.69 Å². The molecular formula is C15H16N2O4. The fourth-order valence-electron chi connectivity index (χ4n) is 3.44. The molecular weight excluding hydrogens is 272 g/mol. The molecule has 2 amide bonds. The third-order valence-electron chi connectivity index (χ3n) is 4.54. The number of carboxylic acids is 1. The Morgan fingerprint density at radius 2 is 1.95 bits per heavy atom. The van der Waals surface area contributed by atoms with Gasteiger partial charge in [0.2, 0.25) is 11.8 Å². The van der Waals surface area contributed by atoms with Crippen molar-refractivity contribution < 1.29 is 19.5 Å². The zero-order chi connectivity index (χ0) is 15.1. The van der Waals surface area contributed by atoms with E-state index in [1.807, 2.05) is 0 Å². The summed E-state index contributed by atoms with van der Waals surface area (Å²) in [5.41, 5.74) is -0.173. The van der Waals surface area contributed by atoms with Gasteiger partial charge in [-0.25, -0.2) is 14.7 Å². The van der Waals surface area contributed by atoms with E-state index in [9.17, 15) is 14.4 Å². The summed E-state index contributed by atoms with van der Waals surface area (Å²) in [5, 5.41) is 9.17. The Morgan fingerprint density at radius 1 is 1.33 bits per heavy atom. The second-order valence-corrected chi connectivity index (χ2v) is 5.65. The largest absolute Gasteiger partial charge is 0.476 e. The van der Waals surface area contributed by atoms with Gasteiger partial charge in [-0.15, -0.1) is 0 Å². The van der Waals surface area contributed by atoms with Crippen LogP contribution in [0.2, 0.25) is 0 Å². The topological polar surface area (TPSA) is 87.6 Å². The van der Waals surface area contributed by atoms with Crippen molar-refractivity contribution in [1.29, 1.82) is 0 Å². The third-order valence-corrected chi connectivity index (χ3v) is 4.54. The normalized spacial score (nSPS) is 28.0. The molecule has 2 aliphatic rings. The van der Waals surface area contributed by atoms with Crippen LogP contribution in [0.5, 0.6) is 0 Å². The van der Waals surface area contributed by atoms with E-state index >= 15 is 0 Å². The van der Waals surface area contributed by atoms with Crippen molar-refractivity contribution in [2.45, 2.75) is 26.2 Å². The zero-order valence-corrected chi connectivity index (χ0v) is 11.7. The first-order chi connectivity index (χ1) is 10.0. The Morgan fingerprint density at radius 3 is 2.48 bits per heavy atom. The number of aromatic nitrogens is 1. The fourth-order valence-corrected chi connectivity index (χ4v) is 3.44. The number of hydrogen-bond acceptors (Lipinski definition) is 4. The summed E-state index contributed by atoms with van der Waals surface area (Å²) in [5.74, 6) is -2.00. The first-order valence-corrected chi connectivity index (χ1v) is 7.10. The molecule has 1 aliphatic heterocycles. The maximum absolute atomic E-state index is 12.5. The number of rotatable bonds is 3. The monoisotopic (exact) mass is 288 g/mol. The standard InChI is InChI=1S/C15H16N2O4/c1-2-8-6-9-10(7-8)14(19)17(13(9)18)11-4-3-5-16-12(11)15(20)21/h3-5,8-10H,2,6-7H2,1H3,(H,20,21). The van der Waals surface area contributed by atoms with Gasteiger partial charge in [-0.3, -0.25) is 9.59 Å².